The minimum absolute atomic E-state index is 0.0853. The summed E-state index contributed by atoms with van der Waals surface area (Å²) in [4.78, 5) is 39.4. The molecule has 0 unspecified atom stereocenters. The molecule has 0 radical (unpaired) electrons. The van der Waals surface area contributed by atoms with Crippen molar-refractivity contribution in [2.75, 3.05) is 26.2 Å². The number of rotatable bonds is 6. The summed E-state index contributed by atoms with van der Waals surface area (Å²) in [7, 11) is 0. The van der Waals surface area contributed by atoms with Crippen LogP contribution in [0.25, 0.3) is 0 Å². The molecule has 4 rings (SSSR count). The fraction of sp³-hybridized carbons (Fsp3) is 0.250. The molecule has 11 heteroatoms. The number of piperazine rings is 1. The summed E-state index contributed by atoms with van der Waals surface area (Å²) in [6, 6.07) is 25.7. The molecular weight excluding hydrogens is 535 g/mol. The monoisotopic (exact) mass is 561 g/mol. The highest BCUT2D eigenvalue weighted by atomic mass is 35.5. The number of hydrogen-bond donors (Lipinski definition) is 2. The predicted octanol–water partition coefficient (Wildman–Crippen LogP) is 4.79. The molecule has 0 aliphatic carbocycles. The van der Waals surface area contributed by atoms with Crippen molar-refractivity contribution in [2.24, 2.45) is 0 Å². The summed E-state index contributed by atoms with van der Waals surface area (Å²) < 4.78 is 31.7. The van der Waals surface area contributed by atoms with Gasteiger partial charge < -0.3 is 15.3 Å². The molecule has 206 valence electrons. The summed E-state index contributed by atoms with van der Waals surface area (Å²) in [5.41, 5.74) is 2.51. The van der Waals surface area contributed by atoms with Crippen LogP contribution in [0.1, 0.15) is 27.5 Å². The number of alkyl halides is 3. The summed E-state index contributed by atoms with van der Waals surface area (Å²) >= 11 is 5.94. The summed E-state index contributed by atoms with van der Waals surface area (Å²) in [6.07, 6.45) is -5.08. The molecule has 2 N–H and O–H groups in total. The first-order valence-corrected chi connectivity index (χ1v) is 12.4. The van der Waals surface area contributed by atoms with Crippen molar-refractivity contribution in [1.82, 2.24) is 15.1 Å². The molecule has 0 aromatic heterocycles. The van der Waals surface area contributed by atoms with Crippen LogP contribution in [0.15, 0.2) is 84.9 Å². The zero-order valence-corrected chi connectivity index (χ0v) is 21.5. The van der Waals surface area contributed by atoms with E-state index >= 15 is 0 Å². The van der Waals surface area contributed by atoms with Gasteiger partial charge in [0, 0.05) is 43.3 Å². The fourth-order valence-corrected chi connectivity index (χ4v) is 4.03. The van der Waals surface area contributed by atoms with Gasteiger partial charge in [-0.2, -0.15) is 13.2 Å². The number of nitrogens with one attached hydrogen (secondary N) is 1. The molecule has 1 fully saturated rings. The van der Waals surface area contributed by atoms with Crippen LogP contribution in [0.2, 0.25) is 5.02 Å². The van der Waals surface area contributed by atoms with Gasteiger partial charge in [0.25, 0.3) is 5.91 Å². The Morgan fingerprint density at radius 2 is 1.36 bits per heavy atom. The van der Waals surface area contributed by atoms with E-state index in [-0.39, 0.29) is 11.8 Å². The Morgan fingerprint density at radius 3 is 1.87 bits per heavy atom. The summed E-state index contributed by atoms with van der Waals surface area (Å²) in [5.74, 6) is -3.14. The van der Waals surface area contributed by atoms with E-state index in [1.165, 1.54) is 5.56 Å². The van der Waals surface area contributed by atoms with E-state index in [4.69, 9.17) is 21.5 Å². The number of carbonyl (C=O) groups excluding carboxylic acids is 2. The van der Waals surface area contributed by atoms with Gasteiger partial charge in [0.05, 0.1) is 0 Å². The molecular formula is C28H27ClF3N3O4. The largest absolute Gasteiger partial charge is 0.490 e. The van der Waals surface area contributed by atoms with Crippen molar-refractivity contribution in [3.05, 3.63) is 107 Å². The maximum Gasteiger partial charge on any atom is 0.490 e. The first-order chi connectivity index (χ1) is 18.5. The van der Waals surface area contributed by atoms with Gasteiger partial charge in [0.15, 0.2) is 0 Å². The number of carbonyl (C=O) groups is 3. The number of carboxylic acid groups (broad SMARTS) is 1. The third-order valence-corrected chi connectivity index (χ3v) is 6.19. The Hall–Kier alpha value is -3.89. The molecule has 1 aliphatic heterocycles. The molecule has 0 saturated carbocycles. The van der Waals surface area contributed by atoms with Gasteiger partial charge in [0.1, 0.15) is 6.04 Å². The van der Waals surface area contributed by atoms with Crippen LogP contribution in [0.3, 0.4) is 0 Å². The lowest BCUT2D eigenvalue weighted by atomic mass is 10.0. The maximum absolute atomic E-state index is 13.5. The number of amides is 2. The van der Waals surface area contributed by atoms with E-state index in [0.717, 1.165) is 25.2 Å². The lowest BCUT2D eigenvalue weighted by Crippen LogP contribution is -2.51. The molecule has 0 bridgehead atoms. The van der Waals surface area contributed by atoms with Gasteiger partial charge in [-0.25, -0.2) is 4.79 Å². The van der Waals surface area contributed by atoms with E-state index in [0.29, 0.717) is 23.7 Å². The van der Waals surface area contributed by atoms with Crippen molar-refractivity contribution >= 4 is 29.4 Å². The second kappa shape index (κ2) is 13.8. The van der Waals surface area contributed by atoms with Crippen LogP contribution in [-0.4, -0.2) is 65.0 Å². The van der Waals surface area contributed by atoms with E-state index in [1.54, 1.807) is 24.3 Å². The highest BCUT2D eigenvalue weighted by Gasteiger charge is 2.38. The average Bonchev–Trinajstić information content (AvgIpc) is 2.93. The lowest BCUT2D eigenvalue weighted by molar-refractivity contribution is -0.192. The van der Waals surface area contributed by atoms with Gasteiger partial charge in [-0.15, -0.1) is 0 Å². The first kappa shape index (κ1) is 29.7. The maximum atomic E-state index is 13.5. The van der Waals surface area contributed by atoms with Gasteiger partial charge in [0.2, 0.25) is 5.91 Å². The number of hydrogen-bond acceptors (Lipinski definition) is 4. The van der Waals surface area contributed by atoms with Crippen molar-refractivity contribution in [1.29, 1.82) is 0 Å². The quantitative estimate of drug-likeness (QED) is 0.452. The SMILES string of the molecule is O=C(N[C@@H](C(=O)N1CCN(Cc2ccccc2)CC1)c1ccccc1)c1ccc(Cl)cc1.O=C(O)C(F)(F)F. The second-order valence-corrected chi connectivity index (χ2v) is 9.15. The third-order valence-electron chi connectivity index (χ3n) is 5.94. The first-order valence-electron chi connectivity index (χ1n) is 12.0. The van der Waals surface area contributed by atoms with Crippen LogP contribution >= 0.6 is 11.6 Å². The Kier molecular flexibility index (Phi) is 10.5. The molecule has 3 aromatic carbocycles. The van der Waals surface area contributed by atoms with Crippen LogP contribution in [0.5, 0.6) is 0 Å². The smallest absolute Gasteiger partial charge is 0.475 e. The second-order valence-electron chi connectivity index (χ2n) is 8.71. The van der Waals surface area contributed by atoms with Crippen molar-refractivity contribution < 1.29 is 32.7 Å². The molecule has 1 saturated heterocycles. The highest BCUT2D eigenvalue weighted by Crippen LogP contribution is 2.19. The molecule has 39 heavy (non-hydrogen) atoms. The van der Waals surface area contributed by atoms with Gasteiger partial charge in [-0.3, -0.25) is 14.5 Å². The summed E-state index contributed by atoms with van der Waals surface area (Å²) in [6.45, 7) is 3.73. The Balaban J connectivity index is 0.000000532. The van der Waals surface area contributed by atoms with Crippen molar-refractivity contribution in [3.63, 3.8) is 0 Å². The van der Waals surface area contributed by atoms with Crippen molar-refractivity contribution in [3.8, 4) is 0 Å². The normalized spacial score (nSPS) is 14.5. The van der Waals surface area contributed by atoms with E-state index < -0.39 is 18.2 Å². The number of carboxylic acids is 1. The molecule has 0 spiro atoms. The van der Waals surface area contributed by atoms with Gasteiger partial charge in [-0.05, 0) is 35.4 Å². The Labute approximate surface area is 228 Å². The third kappa shape index (κ3) is 9.12. The molecule has 1 heterocycles. The number of benzene rings is 3. The van der Waals surface area contributed by atoms with Gasteiger partial charge >= 0.3 is 12.1 Å². The molecule has 1 atom stereocenters. The predicted molar refractivity (Wildman–Crippen MR) is 140 cm³/mol. The zero-order chi connectivity index (χ0) is 28.4. The van der Waals surface area contributed by atoms with Crippen LogP contribution in [-0.2, 0) is 16.1 Å². The highest BCUT2D eigenvalue weighted by molar-refractivity contribution is 6.30. The minimum atomic E-state index is -5.08. The molecule has 2 amide bonds. The van der Waals surface area contributed by atoms with Crippen LogP contribution in [0.4, 0.5) is 13.2 Å². The fourth-order valence-electron chi connectivity index (χ4n) is 3.90. The number of halogens is 4. The standard InChI is InChI=1S/C26H26ClN3O2.C2HF3O2/c27-23-13-11-22(12-14-23)25(31)28-24(21-9-5-2-6-10-21)26(32)30-17-15-29(16-18-30)19-20-7-3-1-4-8-20;3-2(4,5)1(6)7/h1-14,24H,15-19H2,(H,28,31);(H,6,7)/t24-;/m1./s1. The van der Waals surface area contributed by atoms with Crippen LogP contribution < -0.4 is 5.32 Å². The minimum Gasteiger partial charge on any atom is -0.475 e. The van der Waals surface area contributed by atoms with Gasteiger partial charge in [-0.1, -0.05) is 72.3 Å². The molecule has 1 aliphatic rings. The topological polar surface area (TPSA) is 90.0 Å². The van der Waals surface area contributed by atoms with E-state index in [9.17, 15) is 22.8 Å². The number of aliphatic carboxylic acids is 1. The Bertz CT molecular complexity index is 1230. The van der Waals surface area contributed by atoms with Crippen molar-refractivity contribution in [2.45, 2.75) is 18.8 Å². The Morgan fingerprint density at radius 1 is 0.846 bits per heavy atom. The average molecular weight is 562 g/mol. The molecule has 7 nitrogen and oxygen atoms in total. The zero-order valence-electron chi connectivity index (χ0n) is 20.8. The van der Waals surface area contributed by atoms with Crippen LogP contribution in [0, 0.1) is 0 Å². The lowest BCUT2D eigenvalue weighted by Gasteiger charge is -2.36. The molecule has 3 aromatic rings. The van der Waals surface area contributed by atoms with E-state index in [1.807, 2.05) is 53.4 Å². The summed E-state index contributed by atoms with van der Waals surface area (Å²) in [5, 5.41) is 10.6. The van der Waals surface area contributed by atoms with E-state index in [2.05, 4.69) is 22.3 Å². The number of nitrogens with zero attached hydrogens (tertiary/aromatic N) is 2.